The molecule has 2 heterocycles. The van der Waals surface area contributed by atoms with Crippen LogP contribution in [-0.2, 0) is 0 Å². The van der Waals surface area contributed by atoms with E-state index in [-0.39, 0.29) is 17.4 Å². The maximum Gasteiger partial charge on any atom is 0.271 e. The molecule has 2 rings (SSSR count). The van der Waals surface area contributed by atoms with Crippen molar-refractivity contribution in [2.24, 2.45) is 5.10 Å². The number of carbonyl (C=O) groups excluding carboxylic acids is 2. The van der Waals surface area contributed by atoms with Crippen LogP contribution in [0.25, 0.3) is 0 Å². The Morgan fingerprint density at radius 1 is 1.13 bits per heavy atom. The van der Waals surface area contributed by atoms with E-state index in [1.54, 1.807) is 18.2 Å². The normalized spacial score (nSPS) is 11.1. The van der Waals surface area contributed by atoms with E-state index < -0.39 is 0 Å². The van der Waals surface area contributed by atoms with Crippen LogP contribution < -0.4 is 5.43 Å². The molecule has 0 atom stereocenters. The number of hydrogen-bond acceptors (Lipinski definition) is 5. The molecule has 0 unspecified atom stereocenters. The predicted molar refractivity (Wildman–Crippen MR) is 87.4 cm³/mol. The van der Waals surface area contributed by atoms with Crippen LogP contribution in [0.4, 0.5) is 0 Å². The van der Waals surface area contributed by atoms with Gasteiger partial charge in [-0.1, -0.05) is 13.3 Å². The van der Waals surface area contributed by atoms with Crippen LogP contribution in [0, 0.1) is 0 Å². The lowest BCUT2D eigenvalue weighted by molar-refractivity contribution is 0.0954. The highest BCUT2D eigenvalue weighted by Gasteiger charge is 2.13. The molecule has 1 N–H and O–H groups in total. The lowest BCUT2D eigenvalue weighted by Crippen LogP contribution is -2.20. The number of rotatable bonds is 6. The predicted octanol–water partition coefficient (Wildman–Crippen LogP) is 2.61. The number of nitrogens with one attached hydrogen (secondary N) is 1. The number of hydrazone groups is 1. The Kier molecular flexibility index (Phi) is 5.68. The van der Waals surface area contributed by atoms with Gasteiger partial charge in [0.2, 0.25) is 5.78 Å². The summed E-state index contributed by atoms with van der Waals surface area (Å²) in [5.74, 6) is -0.626. The number of hydrogen-bond donors (Lipinski definition) is 1. The average molecular weight is 310 g/mol. The quantitative estimate of drug-likeness (QED) is 0.505. The maximum absolute atomic E-state index is 12.3. The third kappa shape index (κ3) is 4.54. The van der Waals surface area contributed by atoms with Gasteiger partial charge >= 0.3 is 0 Å². The van der Waals surface area contributed by atoms with Crippen LogP contribution in [0.2, 0.25) is 0 Å². The molecule has 0 saturated heterocycles. The monoisotopic (exact) mass is 310 g/mol. The molecule has 6 nitrogen and oxygen atoms in total. The zero-order chi connectivity index (χ0) is 16.7. The summed E-state index contributed by atoms with van der Waals surface area (Å²) in [7, 11) is 0. The first-order valence-corrected chi connectivity index (χ1v) is 7.36. The van der Waals surface area contributed by atoms with Gasteiger partial charge < -0.3 is 0 Å². The summed E-state index contributed by atoms with van der Waals surface area (Å²) in [4.78, 5) is 32.3. The molecule has 118 valence electrons. The Hall–Kier alpha value is -2.89. The molecule has 0 spiro atoms. The molecular formula is C17H18N4O2. The van der Waals surface area contributed by atoms with Crippen LogP contribution in [0.1, 0.15) is 53.1 Å². The van der Waals surface area contributed by atoms with E-state index in [1.807, 2.05) is 13.8 Å². The highest BCUT2D eigenvalue weighted by Crippen LogP contribution is 2.09. The molecule has 2 aromatic heterocycles. The Morgan fingerprint density at radius 3 is 2.52 bits per heavy atom. The van der Waals surface area contributed by atoms with E-state index in [0.717, 1.165) is 18.6 Å². The van der Waals surface area contributed by atoms with Crippen LogP contribution in [-0.4, -0.2) is 27.4 Å². The lowest BCUT2D eigenvalue weighted by atomic mass is 10.1. The number of nitrogens with zero attached hydrogens (tertiary/aromatic N) is 3. The Balaban J connectivity index is 2.15. The third-order valence-electron chi connectivity index (χ3n) is 3.16. The van der Waals surface area contributed by atoms with Crippen molar-refractivity contribution in [3.8, 4) is 0 Å². The summed E-state index contributed by atoms with van der Waals surface area (Å²) < 4.78 is 0. The SMILES string of the molecule is CCC/C(C)=N/NC(=O)c1ccnc(C(=O)c2ccncc2)c1. The van der Waals surface area contributed by atoms with Gasteiger partial charge in [0, 0.05) is 35.4 Å². The van der Waals surface area contributed by atoms with Crippen molar-refractivity contribution in [1.29, 1.82) is 0 Å². The third-order valence-corrected chi connectivity index (χ3v) is 3.16. The van der Waals surface area contributed by atoms with Gasteiger partial charge in [-0.15, -0.1) is 0 Å². The standard InChI is InChI=1S/C17H18N4O2/c1-3-4-12(2)20-21-17(23)14-7-10-19-15(11-14)16(22)13-5-8-18-9-6-13/h5-11H,3-4H2,1-2H3,(H,21,23)/b20-12+. The fraction of sp³-hybridized carbons (Fsp3) is 0.235. The zero-order valence-corrected chi connectivity index (χ0v) is 13.1. The molecule has 23 heavy (non-hydrogen) atoms. The molecule has 0 radical (unpaired) electrons. The second kappa shape index (κ2) is 7.93. The molecule has 0 aliphatic heterocycles. The topological polar surface area (TPSA) is 84.3 Å². The smallest absolute Gasteiger partial charge is 0.271 e. The summed E-state index contributed by atoms with van der Waals surface area (Å²) in [6, 6.07) is 6.22. The summed E-state index contributed by atoms with van der Waals surface area (Å²) in [5.41, 5.74) is 4.36. The molecule has 0 saturated carbocycles. The highest BCUT2D eigenvalue weighted by atomic mass is 16.2. The molecule has 0 aliphatic carbocycles. The van der Waals surface area contributed by atoms with Gasteiger partial charge in [0.25, 0.3) is 5.91 Å². The second-order valence-electron chi connectivity index (χ2n) is 5.03. The summed E-state index contributed by atoms with van der Waals surface area (Å²) in [5, 5.41) is 4.03. The summed E-state index contributed by atoms with van der Waals surface area (Å²) in [6.45, 7) is 3.90. The Morgan fingerprint density at radius 2 is 1.83 bits per heavy atom. The largest absolute Gasteiger partial charge is 0.287 e. The van der Waals surface area contributed by atoms with Gasteiger partial charge in [0.1, 0.15) is 5.69 Å². The zero-order valence-electron chi connectivity index (χ0n) is 13.1. The van der Waals surface area contributed by atoms with E-state index in [0.29, 0.717) is 11.1 Å². The Labute approximate surface area is 134 Å². The van der Waals surface area contributed by atoms with E-state index in [2.05, 4.69) is 20.5 Å². The van der Waals surface area contributed by atoms with Gasteiger partial charge in [0.15, 0.2) is 0 Å². The molecule has 2 aromatic rings. The number of aromatic nitrogens is 2. The first-order valence-electron chi connectivity index (χ1n) is 7.36. The fourth-order valence-corrected chi connectivity index (χ4v) is 1.98. The van der Waals surface area contributed by atoms with Gasteiger partial charge in [-0.3, -0.25) is 19.6 Å². The molecular weight excluding hydrogens is 292 g/mol. The number of ketones is 1. The van der Waals surface area contributed by atoms with E-state index in [4.69, 9.17) is 0 Å². The van der Waals surface area contributed by atoms with Gasteiger partial charge in [-0.2, -0.15) is 5.10 Å². The van der Waals surface area contributed by atoms with Crippen molar-refractivity contribution in [1.82, 2.24) is 15.4 Å². The molecule has 6 heteroatoms. The van der Waals surface area contributed by atoms with Crippen molar-refractivity contribution in [3.63, 3.8) is 0 Å². The van der Waals surface area contributed by atoms with Crippen molar-refractivity contribution >= 4 is 17.4 Å². The fourth-order valence-electron chi connectivity index (χ4n) is 1.98. The molecule has 0 bridgehead atoms. The number of pyridine rings is 2. The highest BCUT2D eigenvalue weighted by molar-refractivity contribution is 6.08. The van der Waals surface area contributed by atoms with Crippen molar-refractivity contribution < 1.29 is 9.59 Å². The van der Waals surface area contributed by atoms with Crippen molar-refractivity contribution in [3.05, 3.63) is 59.7 Å². The van der Waals surface area contributed by atoms with Crippen molar-refractivity contribution in [2.45, 2.75) is 26.7 Å². The average Bonchev–Trinajstić information content (AvgIpc) is 2.60. The van der Waals surface area contributed by atoms with Crippen LogP contribution in [0.15, 0.2) is 48.0 Å². The van der Waals surface area contributed by atoms with Gasteiger partial charge in [0.05, 0.1) is 0 Å². The lowest BCUT2D eigenvalue weighted by Gasteiger charge is -2.04. The maximum atomic E-state index is 12.3. The first-order chi connectivity index (χ1) is 11.1. The first kappa shape index (κ1) is 16.5. The van der Waals surface area contributed by atoms with Crippen LogP contribution in [0.5, 0.6) is 0 Å². The summed E-state index contributed by atoms with van der Waals surface area (Å²) >= 11 is 0. The number of carbonyl (C=O) groups is 2. The molecule has 0 aliphatic rings. The van der Waals surface area contributed by atoms with Gasteiger partial charge in [-0.25, -0.2) is 5.43 Å². The van der Waals surface area contributed by atoms with E-state index >= 15 is 0 Å². The van der Waals surface area contributed by atoms with E-state index in [1.165, 1.54) is 24.7 Å². The molecule has 0 fully saturated rings. The minimum Gasteiger partial charge on any atom is -0.287 e. The van der Waals surface area contributed by atoms with Crippen LogP contribution in [0.3, 0.4) is 0 Å². The van der Waals surface area contributed by atoms with E-state index in [9.17, 15) is 9.59 Å². The van der Waals surface area contributed by atoms with Gasteiger partial charge in [-0.05, 0) is 37.6 Å². The van der Waals surface area contributed by atoms with Crippen LogP contribution >= 0.6 is 0 Å². The minimum absolute atomic E-state index is 0.207. The Bertz CT molecular complexity index is 726. The molecule has 1 amide bonds. The molecule has 0 aromatic carbocycles. The number of amides is 1. The summed E-state index contributed by atoms with van der Waals surface area (Å²) in [6.07, 6.45) is 6.30. The second-order valence-corrected chi connectivity index (χ2v) is 5.03. The minimum atomic E-state index is -0.369. The van der Waals surface area contributed by atoms with Crippen molar-refractivity contribution in [2.75, 3.05) is 0 Å².